The predicted molar refractivity (Wildman–Crippen MR) is 86.0 cm³/mol. The average molecular weight is 323 g/mol. The zero-order valence-electron chi connectivity index (χ0n) is 12.5. The lowest BCUT2D eigenvalue weighted by molar-refractivity contribution is 0.208. The first-order chi connectivity index (χ1) is 10.4. The van der Waals surface area contributed by atoms with E-state index in [1.165, 1.54) is 12.1 Å². The predicted octanol–water partition coefficient (Wildman–Crippen LogP) is 2.30. The quantitative estimate of drug-likeness (QED) is 0.814. The molecule has 0 aliphatic carbocycles. The number of primary sulfonamides is 1. The summed E-state index contributed by atoms with van der Waals surface area (Å²) in [4.78, 5) is 14.1. The highest BCUT2D eigenvalue weighted by Crippen LogP contribution is 2.19. The van der Waals surface area contributed by atoms with Crippen LogP contribution in [0, 0.1) is 0 Å². The number of urea groups is 1. The number of rotatable bonds is 5. The Morgan fingerprint density at radius 1 is 1.45 bits per heavy atom. The lowest BCUT2D eigenvalue weighted by Crippen LogP contribution is -2.39. The molecular weight excluding hydrogens is 302 g/mol. The Morgan fingerprint density at radius 3 is 2.91 bits per heavy atom. The summed E-state index contributed by atoms with van der Waals surface area (Å²) in [6, 6.07) is 5.80. The summed E-state index contributed by atoms with van der Waals surface area (Å²) >= 11 is 0. The van der Waals surface area contributed by atoms with Gasteiger partial charge in [0.2, 0.25) is 10.0 Å². The van der Waals surface area contributed by atoms with Crippen molar-refractivity contribution in [3.63, 3.8) is 0 Å². The Bertz CT molecular complexity index is 670. The molecule has 1 aromatic carbocycles. The minimum Gasteiger partial charge on any atom is -0.314 e. The number of nitrogens with one attached hydrogen (secondary N) is 1. The van der Waals surface area contributed by atoms with Gasteiger partial charge in [0.25, 0.3) is 0 Å². The van der Waals surface area contributed by atoms with Crippen molar-refractivity contribution in [2.24, 2.45) is 5.14 Å². The number of hydrogen-bond acceptors (Lipinski definition) is 3. The Hall–Kier alpha value is -1.86. The first-order valence-electron chi connectivity index (χ1n) is 7.29. The Morgan fingerprint density at radius 2 is 2.23 bits per heavy atom. The van der Waals surface area contributed by atoms with Crippen molar-refractivity contribution >= 4 is 21.7 Å². The van der Waals surface area contributed by atoms with Gasteiger partial charge in [-0.15, -0.1) is 0 Å². The number of carbonyl (C=O) groups excluding carboxylic acids is 1. The van der Waals surface area contributed by atoms with E-state index < -0.39 is 10.0 Å². The number of nitrogens with two attached hydrogens (primary N) is 1. The van der Waals surface area contributed by atoms with Crippen LogP contribution < -0.4 is 10.5 Å². The van der Waals surface area contributed by atoms with E-state index in [9.17, 15) is 13.2 Å². The van der Waals surface area contributed by atoms with Crippen LogP contribution in [0.15, 0.2) is 41.3 Å². The summed E-state index contributed by atoms with van der Waals surface area (Å²) in [5.74, 6) is 0. The van der Waals surface area contributed by atoms with Gasteiger partial charge in [-0.25, -0.2) is 18.4 Å². The summed E-state index contributed by atoms with van der Waals surface area (Å²) in [7, 11) is -3.78. The minimum absolute atomic E-state index is 0.0209. The number of carbonyl (C=O) groups is 1. The highest BCUT2D eigenvalue weighted by Gasteiger charge is 2.24. The molecule has 120 valence electrons. The van der Waals surface area contributed by atoms with Crippen LogP contribution in [0.5, 0.6) is 0 Å². The van der Waals surface area contributed by atoms with Gasteiger partial charge in [0.1, 0.15) is 0 Å². The third kappa shape index (κ3) is 4.08. The Labute approximate surface area is 131 Å². The molecule has 6 nitrogen and oxygen atoms in total. The molecule has 2 amide bonds. The topological polar surface area (TPSA) is 92.5 Å². The van der Waals surface area contributed by atoms with Gasteiger partial charge in [-0.3, -0.25) is 0 Å². The average Bonchev–Trinajstić information content (AvgIpc) is 2.93. The number of nitrogens with zero attached hydrogens (tertiary/aromatic N) is 1. The van der Waals surface area contributed by atoms with Crippen molar-refractivity contribution in [3.05, 3.63) is 36.4 Å². The first kappa shape index (κ1) is 16.5. The van der Waals surface area contributed by atoms with Gasteiger partial charge in [0.05, 0.1) is 10.9 Å². The molecule has 1 aliphatic rings. The van der Waals surface area contributed by atoms with Gasteiger partial charge < -0.3 is 10.2 Å². The summed E-state index contributed by atoms with van der Waals surface area (Å²) in [6.45, 7) is 2.68. The van der Waals surface area contributed by atoms with E-state index >= 15 is 0 Å². The number of hydrogen-bond donors (Lipinski definition) is 2. The summed E-state index contributed by atoms with van der Waals surface area (Å²) < 4.78 is 22.7. The summed E-state index contributed by atoms with van der Waals surface area (Å²) in [5, 5.41) is 7.82. The molecule has 0 saturated heterocycles. The van der Waals surface area contributed by atoms with Crippen molar-refractivity contribution in [2.75, 3.05) is 11.9 Å². The maximum absolute atomic E-state index is 12.3. The van der Waals surface area contributed by atoms with E-state index in [1.807, 2.05) is 12.2 Å². The van der Waals surface area contributed by atoms with E-state index in [0.717, 1.165) is 19.3 Å². The van der Waals surface area contributed by atoms with Crippen LogP contribution in [0.3, 0.4) is 0 Å². The monoisotopic (exact) mass is 323 g/mol. The highest BCUT2D eigenvalue weighted by atomic mass is 32.2. The third-order valence-corrected chi connectivity index (χ3v) is 4.50. The normalized spacial score (nSPS) is 17.7. The van der Waals surface area contributed by atoms with Crippen molar-refractivity contribution in [1.29, 1.82) is 0 Å². The molecule has 0 bridgehead atoms. The van der Waals surface area contributed by atoms with Crippen LogP contribution >= 0.6 is 0 Å². The zero-order valence-corrected chi connectivity index (χ0v) is 13.3. The van der Waals surface area contributed by atoms with Gasteiger partial charge in [0.15, 0.2) is 0 Å². The SMILES string of the molecule is CCCC[C@H]1C=CCN1C(=O)Nc1cccc(S(N)(=O)=O)c1. The van der Waals surface area contributed by atoms with Crippen LogP contribution in [0.4, 0.5) is 10.5 Å². The number of unbranched alkanes of at least 4 members (excludes halogenated alkanes) is 1. The highest BCUT2D eigenvalue weighted by molar-refractivity contribution is 7.89. The van der Waals surface area contributed by atoms with Gasteiger partial charge in [0, 0.05) is 12.2 Å². The number of sulfonamides is 1. The van der Waals surface area contributed by atoms with Crippen molar-refractivity contribution in [3.8, 4) is 0 Å². The number of anilines is 1. The van der Waals surface area contributed by atoms with Crippen molar-refractivity contribution in [2.45, 2.75) is 37.1 Å². The smallest absolute Gasteiger partial charge is 0.314 e. The molecule has 1 heterocycles. The number of amides is 2. The largest absolute Gasteiger partial charge is 0.322 e. The fourth-order valence-corrected chi connectivity index (χ4v) is 2.98. The molecule has 22 heavy (non-hydrogen) atoms. The van der Waals surface area contributed by atoms with Crippen LogP contribution in [-0.4, -0.2) is 31.9 Å². The maximum Gasteiger partial charge on any atom is 0.322 e. The van der Waals surface area contributed by atoms with E-state index in [4.69, 9.17) is 5.14 Å². The first-order valence-corrected chi connectivity index (χ1v) is 8.83. The molecule has 3 N–H and O–H groups in total. The van der Waals surface area contributed by atoms with Gasteiger partial charge in [-0.05, 0) is 24.6 Å². The van der Waals surface area contributed by atoms with Crippen LogP contribution in [0.25, 0.3) is 0 Å². The molecule has 0 saturated carbocycles. The van der Waals surface area contributed by atoms with Crippen LogP contribution in [-0.2, 0) is 10.0 Å². The van der Waals surface area contributed by atoms with Crippen LogP contribution in [0.2, 0.25) is 0 Å². The van der Waals surface area contributed by atoms with Crippen LogP contribution in [0.1, 0.15) is 26.2 Å². The Balaban J connectivity index is 2.06. The van der Waals surface area contributed by atoms with E-state index in [1.54, 1.807) is 17.0 Å². The van der Waals surface area contributed by atoms with E-state index in [2.05, 4.69) is 12.2 Å². The second-order valence-corrected chi connectivity index (χ2v) is 6.85. The second kappa shape index (κ2) is 6.93. The van der Waals surface area contributed by atoms with E-state index in [-0.39, 0.29) is 17.0 Å². The van der Waals surface area contributed by atoms with Gasteiger partial charge in [-0.2, -0.15) is 0 Å². The molecule has 0 aromatic heterocycles. The van der Waals surface area contributed by atoms with Crippen molar-refractivity contribution < 1.29 is 13.2 Å². The molecule has 0 radical (unpaired) electrons. The van der Waals surface area contributed by atoms with E-state index in [0.29, 0.717) is 12.2 Å². The second-order valence-electron chi connectivity index (χ2n) is 5.29. The van der Waals surface area contributed by atoms with Crippen molar-refractivity contribution in [1.82, 2.24) is 4.90 Å². The fourth-order valence-electron chi connectivity index (χ4n) is 2.42. The van der Waals surface area contributed by atoms with Gasteiger partial charge in [-0.1, -0.05) is 38.0 Å². The summed E-state index contributed by atoms with van der Waals surface area (Å²) in [6.07, 6.45) is 7.07. The lowest BCUT2D eigenvalue weighted by atomic mass is 10.1. The summed E-state index contributed by atoms with van der Waals surface area (Å²) in [5.41, 5.74) is 0.415. The molecule has 0 fully saturated rings. The molecule has 1 atom stereocenters. The third-order valence-electron chi connectivity index (χ3n) is 3.59. The molecule has 0 unspecified atom stereocenters. The Kier molecular flexibility index (Phi) is 5.20. The molecule has 2 rings (SSSR count). The molecular formula is C15H21N3O3S. The molecule has 0 spiro atoms. The molecule has 7 heteroatoms. The molecule has 1 aliphatic heterocycles. The standard InChI is InChI=1S/C15H21N3O3S/c1-2-3-7-13-8-5-10-18(13)15(19)17-12-6-4-9-14(11-12)22(16,20)21/h4-6,8-9,11,13H,2-3,7,10H2,1H3,(H,17,19)(H2,16,20,21)/t13-/m0/s1. The fraction of sp³-hybridized carbons (Fsp3) is 0.400. The number of benzene rings is 1. The molecule has 1 aromatic rings. The zero-order chi connectivity index (χ0) is 16.2. The minimum atomic E-state index is -3.78. The van der Waals surface area contributed by atoms with Gasteiger partial charge >= 0.3 is 6.03 Å². The maximum atomic E-state index is 12.3. The lowest BCUT2D eigenvalue weighted by Gasteiger charge is -2.25.